The first-order chi connectivity index (χ1) is 16.5. The number of carboxylic acids is 1. The Labute approximate surface area is 202 Å². The van der Waals surface area contributed by atoms with Crippen molar-refractivity contribution in [2.24, 2.45) is 0 Å². The average molecular weight is 495 g/mol. The molecule has 3 rings (SSSR count). The highest BCUT2D eigenvalue weighted by Gasteiger charge is 2.17. The van der Waals surface area contributed by atoms with Gasteiger partial charge in [0, 0.05) is 12.6 Å². The van der Waals surface area contributed by atoms with Gasteiger partial charge in [-0.2, -0.15) is 8.42 Å². The van der Waals surface area contributed by atoms with Crippen LogP contribution in [0.1, 0.15) is 28.4 Å². The predicted octanol–water partition coefficient (Wildman–Crippen LogP) is 3.58. The Morgan fingerprint density at radius 1 is 0.943 bits per heavy atom. The minimum Gasteiger partial charge on any atom is -0.478 e. The van der Waals surface area contributed by atoms with Gasteiger partial charge in [0.15, 0.2) is 0 Å². The van der Waals surface area contributed by atoms with Gasteiger partial charge in [0.05, 0.1) is 5.56 Å². The molecule has 0 unspecified atom stereocenters. The fraction of sp³-hybridized carbons (Fsp3) is 0.0800. The molecule has 0 heterocycles. The molecule has 0 spiro atoms. The Morgan fingerprint density at radius 3 is 2.20 bits per heavy atom. The van der Waals surface area contributed by atoms with Crippen LogP contribution in [-0.2, 0) is 19.7 Å². The van der Waals surface area contributed by atoms with E-state index in [2.05, 4.69) is 10.6 Å². The normalized spacial score (nSPS) is 11.4. The smallest absolute Gasteiger partial charge is 0.339 e. The van der Waals surface area contributed by atoms with Gasteiger partial charge < -0.3 is 19.9 Å². The van der Waals surface area contributed by atoms with Crippen molar-refractivity contribution >= 4 is 39.7 Å². The number of anilines is 1. The van der Waals surface area contributed by atoms with Crippen molar-refractivity contribution in [3.63, 3.8) is 0 Å². The third-order valence-corrected chi connectivity index (χ3v) is 5.89. The number of rotatable bonds is 8. The van der Waals surface area contributed by atoms with Crippen molar-refractivity contribution in [1.29, 1.82) is 0 Å². The molecule has 0 radical (unpaired) electrons. The zero-order valence-electron chi connectivity index (χ0n) is 18.8. The standard InChI is InChI=1S/C25H22N2O7S/c1-16-6-12-22(13-7-16)35(32,33)34-21-10-8-18(9-11-21)14-23(26-17(2)28)24(29)27-20-5-3-4-19(15-20)25(30)31/h3-15H,1-2H3,(H,26,28)(H,27,29)(H,30,31). The predicted molar refractivity (Wildman–Crippen MR) is 129 cm³/mol. The van der Waals surface area contributed by atoms with E-state index in [1.54, 1.807) is 12.1 Å². The van der Waals surface area contributed by atoms with E-state index in [1.807, 2.05) is 6.92 Å². The summed E-state index contributed by atoms with van der Waals surface area (Å²) in [6, 6.07) is 17.7. The summed E-state index contributed by atoms with van der Waals surface area (Å²) in [4.78, 5) is 35.5. The van der Waals surface area contributed by atoms with Crippen molar-refractivity contribution in [2.45, 2.75) is 18.7 Å². The Morgan fingerprint density at radius 2 is 1.60 bits per heavy atom. The van der Waals surface area contributed by atoms with Crippen molar-refractivity contribution in [1.82, 2.24) is 5.32 Å². The maximum absolute atomic E-state index is 12.7. The van der Waals surface area contributed by atoms with Gasteiger partial charge in [0.25, 0.3) is 5.91 Å². The molecule has 0 bridgehead atoms. The maximum Gasteiger partial charge on any atom is 0.339 e. The molecule has 35 heavy (non-hydrogen) atoms. The van der Waals surface area contributed by atoms with Gasteiger partial charge in [-0.3, -0.25) is 9.59 Å². The molecular weight excluding hydrogens is 472 g/mol. The number of benzene rings is 3. The number of hydrogen-bond acceptors (Lipinski definition) is 6. The molecule has 0 aromatic heterocycles. The first-order valence-electron chi connectivity index (χ1n) is 10.3. The highest BCUT2D eigenvalue weighted by atomic mass is 32.2. The highest BCUT2D eigenvalue weighted by molar-refractivity contribution is 7.87. The number of carbonyl (C=O) groups is 3. The quantitative estimate of drug-likeness (QED) is 0.321. The van der Waals surface area contributed by atoms with E-state index in [1.165, 1.54) is 73.7 Å². The minimum absolute atomic E-state index is 0.0102. The molecule has 0 aliphatic rings. The van der Waals surface area contributed by atoms with Gasteiger partial charge >= 0.3 is 16.1 Å². The number of amides is 2. The Kier molecular flexibility index (Phi) is 7.67. The second-order valence-corrected chi connectivity index (χ2v) is 9.05. The van der Waals surface area contributed by atoms with Crippen molar-refractivity contribution < 1.29 is 32.1 Å². The first-order valence-corrected chi connectivity index (χ1v) is 11.7. The van der Waals surface area contributed by atoms with Gasteiger partial charge in [-0.05, 0) is 61.0 Å². The Bertz CT molecular complexity index is 1390. The first kappa shape index (κ1) is 25.2. The van der Waals surface area contributed by atoms with Crippen LogP contribution in [0.3, 0.4) is 0 Å². The summed E-state index contributed by atoms with van der Waals surface area (Å²) in [6.07, 6.45) is 1.38. The molecule has 0 saturated heterocycles. The number of carboxylic acid groups (broad SMARTS) is 1. The summed E-state index contributed by atoms with van der Waals surface area (Å²) in [6.45, 7) is 3.07. The fourth-order valence-electron chi connectivity index (χ4n) is 2.94. The number of nitrogens with one attached hydrogen (secondary N) is 2. The Hall–Kier alpha value is -4.44. The molecule has 0 fully saturated rings. The van der Waals surface area contributed by atoms with Crippen LogP contribution in [0, 0.1) is 6.92 Å². The monoisotopic (exact) mass is 494 g/mol. The zero-order valence-corrected chi connectivity index (χ0v) is 19.6. The van der Waals surface area contributed by atoms with E-state index in [0.717, 1.165) is 5.56 Å². The molecular formula is C25H22N2O7S. The van der Waals surface area contributed by atoms with Crippen LogP contribution in [-0.4, -0.2) is 31.3 Å². The van der Waals surface area contributed by atoms with Gasteiger partial charge in [-0.1, -0.05) is 35.9 Å². The molecule has 0 aliphatic carbocycles. The summed E-state index contributed by atoms with van der Waals surface area (Å²) in [7, 11) is -4.02. The van der Waals surface area contributed by atoms with Gasteiger partial charge in [-0.25, -0.2) is 4.79 Å². The molecule has 0 atom stereocenters. The molecule has 0 aliphatic heterocycles. The number of hydrogen-bond donors (Lipinski definition) is 3. The second-order valence-electron chi connectivity index (χ2n) is 7.50. The van der Waals surface area contributed by atoms with Crippen molar-refractivity contribution in [2.75, 3.05) is 5.32 Å². The number of aryl methyl sites for hydroxylation is 1. The number of aromatic carboxylic acids is 1. The SMILES string of the molecule is CC(=O)NC(=Cc1ccc(OS(=O)(=O)c2ccc(C)cc2)cc1)C(=O)Nc1cccc(C(=O)O)c1. The van der Waals surface area contributed by atoms with Crippen LogP contribution in [0.25, 0.3) is 6.08 Å². The molecule has 3 aromatic rings. The van der Waals surface area contributed by atoms with Crippen LogP contribution in [0.5, 0.6) is 5.75 Å². The molecule has 3 N–H and O–H groups in total. The summed E-state index contributed by atoms with van der Waals surface area (Å²) >= 11 is 0. The lowest BCUT2D eigenvalue weighted by Crippen LogP contribution is -2.29. The highest BCUT2D eigenvalue weighted by Crippen LogP contribution is 2.21. The van der Waals surface area contributed by atoms with E-state index < -0.39 is 27.9 Å². The van der Waals surface area contributed by atoms with Crippen molar-refractivity contribution in [3.8, 4) is 5.75 Å². The number of carbonyl (C=O) groups excluding carboxylic acids is 2. The van der Waals surface area contributed by atoms with E-state index in [0.29, 0.717) is 5.56 Å². The zero-order chi connectivity index (χ0) is 25.6. The van der Waals surface area contributed by atoms with E-state index in [9.17, 15) is 22.8 Å². The van der Waals surface area contributed by atoms with E-state index in [4.69, 9.17) is 9.29 Å². The molecule has 9 nitrogen and oxygen atoms in total. The van der Waals surface area contributed by atoms with Gasteiger partial charge in [0.2, 0.25) is 5.91 Å². The minimum atomic E-state index is -4.02. The molecule has 2 amide bonds. The van der Waals surface area contributed by atoms with Gasteiger partial charge in [-0.15, -0.1) is 0 Å². The van der Waals surface area contributed by atoms with Crippen LogP contribution >= 0.6 is 0 Å². The van der Waals surface area contributed by atoms with Crippen LogP contribution < -0.4 is 14.8 Å². The molecule has 180 valence electrons. The topological polar surface area (TPSA) is 139 Å². The molecule has 10 heteroatoms. The summed E-state index contributed by atoms with van der Waals surface area (Å²) in [5, 5.41) is 14.1. The lowest BCUT2D eigenvalue weighted by molar-refractivity contribution is -0.120. The van der Waals surface area contributed by atoms with E-state index >= 15 is 0 Å². The maximum atomic E-state index is 12.7. The summed E-state index contributed by atoms with van der Waals surface area (Å²) < 4.78 is 30.1. The second kappa shape index (κ2) is 10.7. The van der Waals surface area contributed by atoms with E-state index in [-0.39, 0.29) is 27.6 Å². The summed E-state index contributed by atoms with van der Waals surface area (Å²) in [5.74, 6) is -2.25. The van der Waals surface area contributed by atoms with Crippen LogP contribution in [0.2, 0.25) is 0 Å². The van der Waals surface area contributed by atoms with Gasteiger partial charge in [0.1, 0.15) is 16.3 Å². The third-order valence-electron chi connectivity index (χ3n) is 4.63. The average Bonchev–Trinajstić information content (AvgIpc) is 2.80. The summed E-state index contributed by atoms with van der Waals surface area (Å²) in [5.41, 5.74) is 1.51. The fourth-order valence-corrected chi connectivity index (χ4v) is 3.87. The molecule has 0 saturated carbocycles. The molecule has 3 aromatic carbocycles. The lowest BCUT2D eigenvalue weighted by atomic mass is 10.1. The Balaban J connectivity index is 1.79. The van der Waals surface area contributed by atoms with Crippen LogP contribution in [0.15, 0.2) is 83.4 Å². The largest absolute Gasteiger partial charge is 0.478 e. The lowest BCUT2D eigenvalue weighted by Gasteiger charge is -2.11. The van der Waals surface area contributed by atoms with Crippen molar-refractivity contribution in [3.05, 3.63) is 95.2 Å². The third kappa shape index (κ3) is 7.02. The van der Waals surface area contributed by atoms with Crippen LogP contribution in [0.4, 0.5) is 5.69 Å².